The lowest BCUT2D eigenvalue weighted by Gasteiger charge is -2.62. The second-order valence-electron chi connectivity index (χ2n) is 12.7. The van der Waals surface area contributed by atoms with Crippen molar-refractivity contribution in [1.29, 1.82) is 5.26 Å². The van der Waals surface area contributed by atoms with Crippen LogP contribution < -0.4 is 0 Å². The molecule has 4 nitrogen and oxygen atoms in total. The van der Waals surface area contributed by atoms with Crippen molar-refractivity contribution in [2.45, 2.75) is 104 Å². The molecular formula is C28H43N3O. The van der Waals surface area contributed by atoms with Crippen LogP contribution in [0.15, 0.2) is 12.3 Å². The fourth-order valence-electron chi connectivity index (χ4n) is 9.59. The van der Waals surface area contributed by atoms with Gasteiger partial charge in [0.2, 0.25) is 0 Å². The minimum atomic E-state index is -0.400. The molecule has 1 aromatic rings. The van der Waals surface area contributed by atoms with Crippen molar-refractivity contribution >= 4 is 0 Å². The molecule has 4 heteroatoms. The van der Waals surface area contributed by atoms with Crippen LogP contribution in [0.2, 0.25) is 0 Å². The van der Waals surface area contributed by atoms with E-state index < -0.39 is 5.60 Å². The topological polar surface area (TPSA) is 61.8 Å². The largest absolute Gasteiger partial charge is 0.390 e. The number of rotatable bonds is 4. The van der Waals surface area contributed by atoms with E-state index in [0.717, 1.165) is 49.5 Å². The van der Waals surface area contributed by atoms with E-state index in [2.05, 4.69) is 38.9 Å². The Kier molecular flexibility index (Phi) is 5.52. The molecule has 1 unspecified atom stereocenters. The summed E-state index contributed by atoms with van der Waals surface area (Å²) in [6.45, 7) is 10.7. The zero-order valence-electron chi connectivity index (χ0n) is 20.7. The molecule has 0 aromatic carbocycles. The maximum absolute atomic E-state index is 11.0. The Morgan fingerprint density at radius 2 is 1.91 bits per heavy atom. The van der Waals surface area contributed by atoms with Gasteiger partial charge in [-0.2, -0.15) is 10.4 Å². The third-order valence-corrected chi connectivity index (χ3v) is 11.5. The molecule has 0 saturated heterocycles. The second kappa shape index (κ2) is 7.86. The Labute approximate surface area is 194 Å². The van der Waals surface area contributed by atoms with E-state index in [1.807, 2.05) is 10.7 Å². The molecule has 1 N–H and O–H groups in total. The molecule has 0 radical (unpaired) electrons. The maximum atomic E-state index is 11.0. The highest BCUT2D eigenvalue weighted by Crippen LogP contribution is 2.68. The Bertz CT molecular complexity index is 887. The van der Waals surface area contributed by atoms with Gasteiger partial charge in [0.25, 0.3) is 0 Å². The highest BCUT2D eigenvalue weighted by Gasteiger charge is 2.61. The fraction of sp³-hybridized carbons (Fsp3) is 0.857. The van der Waals surface area contributed by atoms with Gasteiger partial charge in [-0.3, -0.25) is 4.68 Å². The molecule has 4 aliphatic rings. The Balaban J connectivity index is 1.33. The van der Waals surface area contributed by atoms with E-state index in [4.69, 9.17) is 0 Å². The highest BCUT2D eigenvalue weighted by atomic mass is 16.3. The summed E-state index contributed by atoms with van der Waals surface area (Å²) in [6.07, 6.45) is 14.1. The lowest BCUT2D eigenvalue weighted by Crippen LogP contribution is -2.56. The van der Waals surface area contributed by atoms with Crippen molar-refractivity contribution in [3.63, 3.8) is 0 Å². The number of hydrogen-bond acceptors (Lipinski definition) is 3. The van der Waals surface area contributed by atoms with Gasteiger partial charge in [0.1, 0.15) is 11.8 Å². The van der Waals surface area contributed by atoms with E-state index in [9.17, 15) is 10.4 Å². The number of fused-ring (bicyclic) bond motifs is 5. The van der Waals surface area contributed by atoms with Crippen LogP contribution in [-0.2, 0) is 6.54 Å². The lowest BCUT2D eigenvalue weighted by molar-refractivity contribution is -0.152. The molecule has 1 heterocycles. The lowest BCUT2D eigenvalue weighted by atomic mass is 9.43. The molecule has 0 aliphatic heterocycles. The zero-order valence-corrected chi connectivity index (χ0v) is 20.7. The smallest absolute Gasteiger partial charge is 0.138 e. The first kappa shape index (κ1) is 22.5. The molecule has 32 heavy (non-hydrogen) atoms. The van der Waals surface area contributed by atoms with Gasteiger partial charge in [0, 0.05) is 6.54 Å². The zero-order chi connectivity index (χ0) is 22.7. The van der Waals surface area contributed by atoms with Gasteiger partial charge >= 0.3 is 0 Å². The van der Waals surface area contributed by atoms with E-state index in [1.165, 1.54) is 44.9 Å². The summed E-state index contributed by atoms with van der Waals surface area (Å²) in [5.41, 5.74) is 1.16. The molecule has 176 valence electrons. The summed E-state index contributed by atoms with van der Waals surface area (Å²) >= 11 is 0. The number of nitriles is 1. The first-order chi connectivity index (χ1) is 15.2. The molecule has 4 fully saturated rings. The molecular weight excluding hydrogens is 394 g/mol. The van der Waals surface area contributed by atoms with Gasteiger partial charge in [0.15, 0.2) is 0 Å². The van der Waals surface area contributed by atoms with Gasteiger partial charge in [-0.25, -0.2) is 0 Å². The van der Waals surface area contributed by atoms with Crippen molar-refractivity contribution in [3.8, 4) is 6.07 Å². The summed E-state index contributed by atoms with van der Waals surface area (Å²) in [5, 5.41) is 24.9. The summed E-state index contributed by atoms with van der Waals surface area (Å²) < 4.78 is 1.93. The Morgan fingerprint density at radius 3 is 2.66 bits per heavy atom. The van der Waals surface area contributed by atoms with Gasteiger partial charge in [0.05, 0.1) is 11.8 Å². The number of hydrogen-bond donors (Lipinski definition) is 1. The first-order valence-electron chi connectivity index (χ1n) is 13.4. The third kappa shape index (κ3) is 3.29. The summed E-state index contributed by atoms with van der Waals surface area (Å²) in [7, 11) is 0. The van der Waals surface area contributed by atoms with Crippen molar-refractivity contribution in [2.24, 2.45) is 46.3 Å². The van der Waals surface area contributed by atoms with Crippen molar-refractivity contribution in [1.82, 2.24) is 9.78 Å². The fourth-order valence-corrected chi connectivity index (χ4v) is 9.59. The van der Waals surface area contributed by atoms with Gasteiger partial charge in [-0.1, -0.05) is 27.7 Å². The molecule has 1 aromatic heterocycles. The van der Waals surface area contributed by atoms with Gasteiger partial charge in [-0.05, 0) is 117 Å². The third-order valence-electron chi connectivity index (χ3n) is 11.5. The quantitative estimate of drug-likeness (QED) is 0.611. The van der Waals surface area contributed by atoms with Crippen LogP contribution in [0, 0.1) is 57.7 Å². The number of aliphatic hydroxyl groups is 1. The summed E-state index contributed by atoms with van der Waals surface area (Å²) in [5.74, 6) is 4.57. The molecule has 4 aliphatic carbocycles. The van der Waals surface area contributed by atoms with Crippen LogP contribution in [0.5, 0.6) is 0 Å². The van der Waals surface area contributed by atoms with E-state index in [1.54, 1.807) is 6.20 Å². The van der Waals surface area contributed by atoms with Crippen LogP contribution >= 0.6 is 0 Å². The predicted octanol–water partition coefficient (Wildman–Crippen LogP) is 6.19. The number of aromatic nitrogens is 2. The number of nitrogens with zero attached hydrogens (tertiary/aromatic N) is 3. The Morgan fingerprint density at radius 1 is 1.12 bits per heavy atom. The maximum Gasteiger partial charge on any atom is 0.138 e. The molecule has 5 rings (SSSR count). The van der Waals surface area contributed by atoms with Crippen molar-refractivity contribution in [2.75, 3.05) is 0 Å². The molecule has 0 amide bonds. The van der Waals surface area contributed by atoms with Crippen molar-refractivity contribution in [3.05, 3.63) is 18.0 Å². The van der Waals surface area contributed by atoms with Crippen LogP contribution in [-0.4, -0.2) is 20.5 Å². The van der Waals surface area contributed by atoms with Gasteiger partial charge in [-0.15, -0.1) is 0 Å². The van der Waals surface area contributed by atoms with E-state index >= 15 is 0 Å². The average molecular weight is 438 g/mol. The van der Waals surface area contributed by atoms with E-state index in [0.29, 0.717) is 28.4 Å². The predicted molar refractivity (Wildman–Crippen MR) is 127 cm³/mol. The standard InChI is InChI=1S/C28H43N3O/c1-5-28(32)14-13-26(3)20(16-28)6-7-22-24-9-8-23(27(24,4)12-10-25(22)26)19(2)18-31-21(17-29)11-15-30-31/h11,15,19-20,22-25,32H,5-10,12-14,16,18H2,1-4H3/t19-,20+,22-,23?,24-,25-,26-,27+,28+/m0/s1. The van der Waals surface area contributed by atoms with Crippen LogP contribution in [0.25, 0.3) is 0 Å². The highest BCUT2D eigenvalue weighted by molar-refractivity contribution is 5.18. The monoisotopic (exact) mass is 437 g/mol. The van der Waals surface area contributed by atoms with Crippen LogP contribution in [0.4, 0.5) is 0 Å². The molecule has 0 spiro atoms. The molecule has 9 atom stereocenters. The van der Waals surface area contributed by atoms with Crippen LogP contribution in [0.3, 0.4) is 0 Å². The summed E-state index contributed by atoms with van der Waals surface area (Å²) in [4.78, 5) is 0. The van der Waals surface area contributed by atoms with Crippen molar-refractivity contribution < 1.29 is 5.11 Å². The normalized spacial score (nSPS) is 46.6. The molecule has 4 saturated carbocycles. The molecule has 0 bridgehead atoms. The first-order valence-corrected chi connectivity index (χ1v) is 13.4. The Hall–Kier alpha value is -1.34. The van der Waals surface area contributed by atoms with Gasteiger partial charge < -0.3 is 5.11 Å². The summed E-state index contributed by atoms with van der Waals surface area (Å²) in [6, 6.07) is 4.13. The minimum Gasteiger partial charge on any atom is -0.390 e. The van der Waals surface area contributed by atoms with E-state index in [-0.39, 0.29) is 0 Å². The second-order valence-corrected chi connectivity index (χ2v) is 12.7. The SMILES string of the molecule is CC[C@@]1(O)CC[C@@]2(C)[C@H](CC[C@@H]3[C@@H]2CC[C@]2(C)C([C@@H](C)Cn4nccc4C#N)CC[C@@H]32)C1. The van der Waals surface area contributed by atoms with Crippen LogP contribution in [0.1, 0.15) is 97.6 Å². The minimum absolute atomic E-state index is 0.400. The average Bonchev–Trinajstić information content (AvgIpc) is 3.37.